The zero-order valence-electron chi connectivity index (χ0n) is 11.4. The third-order valence-electron chi connectivity index (χ3n) is 3.60. The van der Waals surface area contributed by atoms with Crippen LogP contribution in [0.15, 0.2) is 35.5 Å². The summed E-state index contributed by atoms with van der Waals surface area (Å²) in [6.07, 6.45) is 3.87. The van der Waals surface area contributed by atoms with E-state index in [1.165, 1.54) is 25.8 Å². The Kier molecular flexibility index (Phi) is 4.65. The molecule has 2 heterocycles. The van der Waals surface area contributed by atoms with Crippen LogP contribution >= 0.6 is 11.8 Å². The Bertz CT molecular complexity index is 521. The Morgan fingerprint density at radius 2 is 2.20 bits per heavy atom. The number of benzene rings is 1. The van der Waals surface area contributed by atoms with Crippen molar-refractivity contribution in [2.75, 3.05) is 18.8 Å². The highest BCUT2D eigenvalue weighted by Gasteiger charge is 2.14. The van der Waals surface area contributed by atoms with Gasteiger partial charge in [0.25, 0.3) is 0 Å². The fraction of sp³-hybridized carbons (Fsp3) is 0.500. The van der Waals surface area contributed by atoms with Crippen LogP contribution in [-0.2, 0) is 0 Å². The standard InChI is InChI=1S/C14H19N5S/c1-2-6-13(7-3-1)19-14(16-17-18-19)20-10-8-12-5-4-9-15-11-12/h1-3,6-7,12,15H,4-5,8-11H2. The smallest absolute Gasteiger partial charge is 0.214 e. The van der Waals surface area contributed by atoms with E-state index in [1.807, 2.05) is 35.0 Å². The molecule has 6 heteroatoms. The maximum absolute atomic E-state index is 4.12. The summed E-state index contributed by atoms with van der Waals surface area (Å²) in [5, 5.41) is 16.3. The van der Waals surface area contributed by atoms with Crippen LogP contribution in [0.3, 0.4) is 0 Å². The third-order valence-corrected chi connectivity index (χ3v) is 4.55. The van der Waals surface area contributed by atoms with Gasteiger partial charge in [-0.05, 0) is 60.8 Å². The first-order valence-corrected chi connectivity index (χ1v) is 8.09. The van der Waals surface area contributed by atoms with Crippen molar-refractivity contribution in [1.82, 2.24) is 25.5 Å². The van der Waals surface area contributed by atoms with Crippen LogP contribution in [0.5, 0.6) is 0 Å². The maximum atomic E-state index is 4.12. The van der Waals surface area contributed by atoms with Gasteiger partial charge in [-0.1, -0.05) is 30.0 Å². The molecule has 0 amide bonds. The van der Waals surface area contributed by atoms with E-state index in [0.29, 0.717) is 0 Å². The van der Waals surface area contributed by atoms with Crippen LogP contribution < -0.4 is 5.32 Å². The minimum atomic E-state index is 0.803. The molecule has 1 aromatic carbocycles. The zero-order valence-corrected chi connectivity index (χ0v) is 12.2. The Labute approximate surface area is 123 Å². The highest BCUT2D eigenvalue weighted by Crippen LogP contribution is 2.22. The van der Waals surface area contributed by atoms with Crippen molar-refractivity contribution in [3.8, 4) is 5.69 Å². The van der Waals surface area contributed by atoms with E-state index in [2.05, 4.69) is 20.8 Å². The molecule has 5 nitrogen and oxygen atoms in total. The fourth-order valence-electron chi connectivity index (χ4n) is 2.49. The van der Waals surface area contributed by atoms with Crippen LogP contribution in [0, 0.1) is 5.92 Å². The molecule has 1 N–H and O–H groups in total. The minimum absolute atomic E-state index is 0.803. The molecule has 1 aliphatic heterocycles. The van der Waals surface area contributed by atoms with Crippen molar-refractivity contribution < 1.29 is 0 Å². The van der Waals surface area contributed by atoms with Gasteiger partial charge in [0.1, 0.15) is 0 Å². The first kappa shape index (κ1) is 13.6. The quantitative estimate of drug-likeness (QED) is 0.855. The predicted octanol–water partition coefficient (Wildman–Crippen LogP) is 2.14. The third kappa shape index (κ3) is 3.37. The lowest BCUT2D eigenvalue weighted by atomic mass is 9.97. The van der Waals surface area contributed by atoms with Crippen molar-refractivity contribution in [3.05, 3.63) is 30.3 Å². The molecule has 20 heavy (non-hydrogen) atoms. The molecule has 1 aromatic heterocycles. The second kappa shape index (κ2) is 6.85. The molecular formula is C14H19N5S. The van der Waals surface area contributed by atoms with Gasteiger partial charge in [-0.15, -0.1) is 5.10 Å². The number of rotatable bonds is 5. The number of hydrogen-bond acceptors (Lipinski definition) is 5. The number of nitrogens with zero attached hydrogens (tertiary/aromatic N) is 4. The molecule has 1 fully saturated rings. The number of tetrazole rings is 1. The van der Waals surface area contributed by atoms with Crippen LogP contribution in [0.2, 0.25) is 0 Å². The molecule has 106 valence electrons. The van der Waals surface area contributed by atoms with Crippen molar-refractivity contribution in [1.29, 1.82) is 0 Å². The summed E-state index contributed by atoms with van der Waals surface area (Å²) >= 11 is 1.74. The highest BCUT2D eigenvalue weighted by atomic mass is 32.2. The Balaban J connectivity index is 1.57. The first-order valence-electron chi connectivity index (χ1n) is 7.11. The summed E-state index contributed by atoms with van der Waals surface area (Å²) in [5.41, 5.74) is 1.01. The molecule has 0 aliphatic carbocycles. The minimum Gasteiger partial charge on any atom is -0.316 e. The van der Waals surface area contributed by atoms with E-state index in [0.717, 1.165) is 29.1 Å². The Hall–Kier alpha value is -1.40. The fourth-order valence-corrected chi connectivity index (χ4v) is 3.48. The molecule has 1 atom stereocenters. The number of hydrogen-bond donors (Lipinski definition) is 1. The average molecular weight is 289 g/mol. The molecule has 1 aliphatic rings. The summed E-state index contributed by atoms with van der Waals surface area (Å²) in [4.78, 5) is 0. The van der Waals surface area contributed by atoms with Crippen LogP contribution in [0.1, 0.15) is 19.3 Å². The lowest BCUT2D eigenvalue weighted by molar-refractivity contribution is 0.371. The Morgan fingerprint density at radius 1 is 1.30 bits per heavy atom. The molecule has 1 unspecified atom stereocenters. The van der Waals surface area contributed by atoms with Gasteiger partial charge in [0.15, 0.2) is 0 Å². The van der Waals surface area contributed by atoms with Crippen molar-refractivity contribution in [3.63, 3.8) is 0 Å². The van der Waals surface area contributed by atoms with E-state index < -0.39 is 0 Å². The van der Waals surface area contributed by atoms with Crippen molar-refractivity contribution in [2.24, 2.45) is 5.92 Å². The van der Waals surface area contributed by atoms with Crippen molar-refractivity contribution >= 4 is 11.8 Å². The summed E-state index contributed by atoms with van der Waals surface area (Å²) in [7, 11) is 0. The molecule has 3 rings (SSSR count). The average Bonchev–Trinajstić information content (AvgIpc) is 2.98. The number of nitrogens with one attached hydrogen (secondary N) is 1. The molecule has 0 radical (unpaired) electrons. The van der Waals surface area contributed by atoms with E-state index in [9.17, 15) is 0 Å². The largest absolute Gasteiger partial charge is 0.316 e. The predicted molar refractivity (Wildman–Crippen MR) is 80.1 cm³/mol. The van der Waals surface area contributed by atoms with Gasteiger partial charge >= 0.3 is 0 Å². The lowest BCUT2D eigenvalue weighted by Gasteiger charge is -2.22. The van der Waals surface area contributed by atoms with Gasteiger partial charge in [-0.25, -0.2) is 0 Å². The summed E-state index contributed by atoms with van der Waals surface area (Å²) < 4.78 is 1.81. The molecule has 0 saturated carbocycles. The topological polar surface area (TPSA) is 55.6 Å². The number of para-hydroxylation sites is 1. The summed E-state index contributed by atoms with van der Waals surface area (Å²) in [5.74, 6) is 1.87. The molecule has 1 saturated heterocycles. The molecule has 0 spiro atoms. The van der Waals surface area contributed by atoms with Gasteiger partial charge < -0.3 is 5.32 Å². The van der Waals surface area contributed by atoms with Gasteiger partial charge in [-0.3, -0.25) is 0 Å². The van der Waals surface area contributed by atoms with E-state index in [-0.39, 0.29) is 0 Å². The summed E-state index contributed by atoms with van der Waals surface area (Å²) in [6.45, 7) is 2.33. The second-order valence-electron chi connectivity index (χ2n) is 5.06. The van der Waals surface area contributed by atoms with E-state index in [1.54, 1.807) is 11.8 Å². The monoisotopic (exact) mass is 289 g/mol. The van der Waals surface area contributed by atoms with Crippen LogP contribution in [0.4, 0.5) is 0 Å². The van der Waals surface area contributed by atoms with Gasteiger partial charge in [0, 0.05) is 5.75 Å². The molecule has 2 aromatic rings. The second-order valence-corrected chi connectivity index (χ2v) is 6.12. The number of thioether (sulfide) groups is 1. The highest BCUT2D eigenvalue weighted by molar-refractivity contribution is 7.99. The van der Waals surface area contributed by atoms with Gasteiger partial charge in [0.05, 0.1) is 5.69 Å². The zero-order chi connectivity index (χ0) is 13.6. The summed E-state index contributed by atoms with van der Waals surface area (Å²) in [6, 6.07) is 10.0. The normalized spacial score (nSPS) is 19.1. The van der Waals surface area contributed by atoms with Gasteiger partial charge in [-0.2, -0.15) is 4.68 Å². The maximum Gasteiger partial charge on any atom is 0.214 e. The van der Waals surface area contributed by atoms with E-state index in [4.69, 9.17) is 0 Å². The Morgan fingerprint density at radius 3 is 3.00 bits per heavy atom. The van der Waals surface area contributed by atoms with Gasteiger partial charge in [0.2, 0.25) is 5.16 Å². The van der Waals surface area contributed by atoms with Crippen molar-refractivity contribution in [2.45, 2.75) is 24.4 Å². The van der Waals surface area contributed by atoms with E-state index >= 15 is 0 Å². The van der Waals surface area contributed by atoms with Crippen LogP contribution in [0.25, 0.3) is 5.69 Å². The number of piperidine rings is 1. The number of aromatic nitrogens is 4. The van der Waals surface area contributed by atoms with Crippen LogP contribution in [-0.4, -0.2) is 39.0 Å². The SMILES string of the molecule is c1ccc(-n2nnnc2SCCC2CCCNC2)cc1. The molecule has 0 bridgehead atoms. The first-order chi connectivity index (χ1) is 9.93. The molecular weight excluding hydrogens is 270 g/mol. The lowest BCUT2D eigenvalue weighted by Crippen LogP contribution is -2.29.